The zero-order chi connectivity index (χ0) is 14.9. The van der Waals surface area contributed by atoms with Gasteiger partial charge in [0.2, 0.25) is 0 Å². The number of hydrogen-bond donors (Lipinski definition) is 1. The van der Waals surface area contributed by atoms with Crippen LogP contribution in [0.5, 0.6) is 5.75 Å². The average Bonchev–Trinajstić information content (AvgIpc) is 2.53. The molecule has 0 bridgehead atoms. The summed E-state index contributed by atoms with van der Waals surface area (Å²) in [5.74, 6) is 0.835. The molecule has 0 fully saturated rings. The van der Waals surface area contributed by atoms with E-state index in [4.69, 9.17) is 4.74 Å². The van der Waals surface area contributed by atoms with Crippen LogP contribution in [-0.2, 0) is 6.42 Å². The Labute approximate surface area is 126 Å². The minimum absolute atomic E-state index is 0.288. The van der Waals surface area contributed by atoms with Crippen LogP contribution in [0.3, 0.4) is 0 Å². The molecular formula is C17H23N3O. The highest BCUT2D eigenvalue weighted by molar-refractivity contribution is 5.26. The third kappa shape index (κ3) is 4.83. The molecule has 4 heteroatoms. The van der Waals surface area contributed by atoms with Crippen molar-refractivity contribution in [1.82, 2.24) is 15.3 Å². The number of pyridine rings is 2. The molecule has 0 aliphatic heterocycles. The Morgan fingerprint density at radius 3 is 2.67 bits per heavy atom. The van der Waals surface area contributed by atoms with E-state index in [1.807, 2.05) is 25.5 Å². The summed E-state index contributed by atoms with van der Waals surface area (Å²) in [5, 5.41) is 3.53. The lowest BCUT2D eigenvalue weighted by Crippen LogP contribution is -2.21. The summed E-state index contributed by atoms with van der Waals surface area (Å²) in [6, 6.07) is 6.50. The maximum Gasteiger partial charge on any atom is 0.137 e. The highest BCUT2D eigenvalue weighted by atomic mass is 16.5. The maximum absolute atomic E-state index is 5.54. The monoisotopic (exact) mass is 285 g/mol. The van der Waals surface area contributed by atoms with Crippen molar-refractivity contribution in [3.05, 3.63) is 54.1 Å². The number of nitrogens with zero attached hydrogens (tertiary/aromatic N) is 2. The first-order valence-corrected chi connectivity index (χ1v) is 7.53. The lowest BCUT2D eigenvalue weighted by Gasteiger charge is -2.18. The third-order valence-corrected chi connectivity index (χ3v) is 3.37. The number of hydrogen-bond acceptors (Lipinski definition) is 4. The molecule has 2 heterocycles. The van der Waals surface area contributed by atoms with Crippen LogP contribution in [0, 0.1) is 0 Å². The summed E-state index contributed by atoms with van der Waals surface area (Å²) in [5.41, 5.74) is 2.48. The summed E-state index contributed by atoms with van der Waals surface area (Å²) in [6.07, 6.45) is 9.40. The van der Waals surface area contributed by atoms with E-state index in [-0.39, 0.29) is 6.04 Å². The van der Waals surface area contributed by atoms with Gasteiger partial charge in [-0.2, -0.15) is 0 Å². The fourth-order valence-corrected chi connectivity index (χ4v) is 2.37. The topological polar surface area (TPSA) is 47.0 Å². The molecule has 0 saturated heterocycles. The molecule has 0 aliphatic rings. The average molecular weight is 285 g/mol. The second-order valence-corrected chi connectivity index (χ2v) is 4.89. The van der Waals surface area contributed by atoms with E-state index in [2.05, 4.69) is 40.4 Å². The standard InChI is InChI=1S/C17H23N3O/c1-3-20-17(6-5-14-7-9-18-10-8-14)15-11-16(21-4-2)13-19-12-15/h7-13,17,20H,3-6H2,1-2H3. The molecule has 21 heavy (non-hydrogen) atoms. The van der Waals surface area contributed by atoms with E-state index < -0.39 is 0 Å². The van der Waals surface area contributed by atoms with Gasteiger partial charge >= 0.3 is 0 Å². The minimum atomic E-state index is 0.288. The van der Waals surface area contributed by atoms with Gasteiger partial charge in [-0.1, -0.05) is 6.92 Å². The smallest absolute Gasteiger partial charge is 0.137 e. The SMILES string of the molecule is CCNC(CCc1ccncc1)c1cncc(OCC)c1. The van der Waals surface area contributed by atoms with Crippen LogP contribution in [0.1, 0.15) is 37.4 Å². The summed E-state index contributed by atoms with van der Waals surface area (Å²) in [6.45, 7) is 5.70. The number of nitrogens with one attached hydrogen (secondary N) is 1. The first kappa shape index (κ1) is 15.4. The van der Waals surface area contributed by atoms with Crippen LogP contribution < -0.4 is 10.1 Å². The first-order valence-electron chi connectivity index (χ1n) is 7.53. The van der Waals surface area contributed by atoms with Gasteiger partial charge in [-0.05, 0) is 55.6 Å². The van der Waals surface area contributed by atoms with Gasteiger partial charge < -0.3 is 10.1 Å². The Balaban J connectivity index is 2.05. The summed E-state index contributed by atoms with van der Waals surface area (Å²) in [7, 11) is 0. The highest BCUT2D eigenvalue weighted by Gasteiger charge is 2.12. The van der Waals surface area contributed by atoms with Crippen LogP contribution in [0.15, 0.2) is 43.0 Å². The van der Waals surface area contributed by atoms with Gasteiger partial charge in [0.05, 0.1) is 12.8 Å². The van der Waals surface area contributed by atoms with Gasteiger partial charge in [-0.25, -0.2) is 0 Å². The molecule has 1 N–H and O–H groups in total. The molecule has 2 aromatic rings. The van der Waals surface area contributed by atoms with E-state index in [9.17, 15) is 0 Å². The maximum atomic E-state index is 5.54. The van der Waals surface area contributed by atoms with E-state index in [0.29, 0.717) is 6.61 Å². The Morgan fingerprint density at radius 2 is 1.95 bits per heavy atom. The predicted molar refractivity (Wildman–Crippen MR) is 84.4 cm³/mol. The van der Waals surface area contributed by atoms with Gasteiger partial charge in [-0.3, -0.25) is 9.97 Å². The quantitative estimate of drug-likeness (QED) is 0.809. The minimum Gasteiger partial charge on any atom is -0.492 e. The molecule has 0 spiro atoms. The predicted octanol–water partition coefficient (Wildman–Crippen LogP) is 3.16. The fourth-order valence-electron chi connectivity index (χ4n) is 2.37. The number of rotatable bonds is 8. The molecule has 0 radical (unpaired) electrons. The first-order chi connectivity index (χ1) is 10.3. The molecule has 0 saturated carbocycles. The number of ether oxygens (including phenoxy) is 1. The molecule has 112 valence electrons. The second-order valence-electron chi connectivity index (χ2n) is 4.89. The molecule has 2 rings (SSSR count). The van der Waals surface area contributed by atoms with E-state index in [1.165, 1.54) is 11.1 Å². The van der Waals surface area contributed by atoms with Crippen LogP contribution in [0.2, 0.25) is 0 Å². The zero-order valence-electron chi connectivity index (χ0n) is 12.7. The van der Waals surface area contributed by atoms with Crippen molar-refractivity contribution in [2.75, 3.05) is 13.2 Å². The van der Waals surface area contributed by atoms with Crippen LogP contribution in [0.25, 0.3) is 0 Å². The summed E-state index contributed by atoms with van der Waals surface area (Å²) in [4.78, 5) is 8.34. The van der Waals surface area contributed by atoms with Gasteiger partial charge in [-0.15, -0.1) is 0 Å². The molecule has 2 aromatic heterocycles. The third-order valence-electron chi connectivity index (χ3n) is 3.37. The number of aromatic nitrogens is 2. The molecular weight excluding hydrogens is 262 g/mol. The van der Waals surface area contributed by atoms with Crippen molar-refractivity contribution >= 4 is 0 Å². The Kier molecular flexibility index (Phi) is 6.16. The Hall–Kier alpha value is -1.94. The van der Waals surface area contributed by atoms with Crippen molar-refractivity contribution < 1.29 is 4.74 Å². The molecule has 0 aromatic carbocycles. The van der Waals surface area contributed by atoms with Crippen molar-refractivity contribution in [1.29, 1.82) is 0 Å². The van der Waals surface area contributed by atoms with Crippen LogP contribution in [0.4, 0.5) is 0 Å². The van der Waals surface area contributed by atoms with Crippen LogP contribution >= 0.6 is 0 Å². The Morgan fingerprint density at radius 1 is 1.14 bits per heavy atom. The van der Waals surface area contributed by atoms with Gasteiger partial charge in [0.15, 0.2) is 0 Å². The molecule has 1 unspecified atom stereocenters. The van der Waals surface area contributed by atoms with E-state index in [0.717, 1.165) is 25.1 Å². The van der Waals surface area contributed by atoms with Crippen LogP contribution in [-0.4, -0.2) is 23.1 Å². The molecule has 0 aliphatic carbocycles. The molecule has 1 atom stereocenters. The zero-order valence-corrected chi connectivity index (χ0v) is 12.7. The molecule has 4 nitrogen and oxygen atoms in total. The summed E-state index contributed by atoms with van der Waals surface area (Å²) >= 11 is 0. The number of aryl methyl sites for hydroxylation is 1. The lowest BCUT2D eigenvalue weighted by molar-refractivity contribution is 0.337. The molecule has 0 amide bonds. The van der Waals surface area contributed by atoms with Gasteiger partial charge in [0.1, 0.15) is 5.75 Å². The fraction of sp³-hybridized carbons (Fsp3) is 0.412. The van der Waals surface area contributed by atoms with Crippen molar-refractivity contribution in [2.45, 2.75) is 32.7 Å². The van der Waals surface area contributed by atoms with Crippen molar-refractivity contribution in [2.24, 2.45) is 0 Å². The largest absolute Gasteiger partial charge is 0.492 e. The van der Waals surface area contributed by atoms with Gasteiger partial charge in [0, 0.05) is 24.6 Å². The second kappa shape index (κ2) is 8.37. The summed E-state index contributed by atoms with van der Waals surface area (Å²) < 4.78 is 5.54. The normalized spacial score (nSPS) is 12.1. The van der Waals surface area contributed by atoms with Gasteiger partial charge in [0.25, 0.3) is 0 Å². The van der Waals surface area contributed by atoms with E-state index in [1.54, 1.807) is 6.20 Å². The van der Waals surface area contributed by atoms with Crippen molar-refractivity contribution in [3.63, 3.8) is 0 Å². The van der Waals surface area contributed by atoms with E-state index >= 15 is 0 Å². The Bertz CT molecular complexity index is 531. The highest BCUT2D eigenvalue weighted by Crippen LogP contribution is 2.22. The lowest BCUT2D eigenvalue weighted by atomic mass is 10.0. The van der Waals surface area contributed by atoms with Crippen molar-refractivity contribution in [3.8, 4) is 5.75 Å².